The first-order valence-electron chi connectivity index (χ1n) is 22.5. The van der Waals surface area contributed by atoms with Crippen LogP contribution in [0.5, 0.6) is 17.2 Å². The lowest BCUT2D eigenvalue weighted by Crippen LogP contribution is -2.58. The normalized spacial score (nSPS) is 21.2. The van der Waals surface area contributed by atoms with E-state index in [1.807, 2.05) is 26.2 Å². The number of alkyl halides is 3. The van der Waals surface area contributed by atoms with Crippen LogP contribution in [0.4, 0.5) is 23.2 Å². The Morgan fingerprint density at radius 3 is 2.40 bits per heavy atom. The maximum absolute atomic E-state index is 15.0. The monoisotopic (exact) mass is 984 g/mol. The van der Waals surface area contributed by atoms with Gasteiger partial charge in [0.25, 0.3) is 5.91 Å². The number of thiazole rings is 1. The average molecular weight is 985 g/mol. The van der Waals surface area contributed by atoms with Crippen molar-refractivity contribution in [3.05, 3.63) is 84.2 Å². The van der Waals surface area contributed by atoms with Crippen molar-refractivity contribution in [2.24, 2.45) is 5.92 Å². The van der Waals surface area contributed by atoms with Crippen LogP contribution in [0.1, 0.15) is 95.7 Å². The van der Waals surface area contributed by atoms with E-state index in [9.17, 15) is 31.2 Å². The molecule has 7 rings (SSSR count). The van der Waals surface area contributed by atoms with Gasteiger partial charge in [-0.1, -0.05) is 38.8 Å². The molecule has 0 unspecified atom stereocenters. The maximum Gasteiger partial charge on any atom is 0.573 e. The van der Waals surface area contributed by atoms with Crippen LogP contribution in [0.2, 0.25) is 0 Å². The van der Waals surface area contributed by atoms with E-state index in [1.54, 1.807) is 31.4 Å². The summed E-state index contributed by atoms with van der Waals surface area (Å²) in [5.74, 6) is -4.17. The Morgan fingerprint density at radius 1 is 1.04 bits per heavy atom. The minimum absolute atomic E-state index is 0.0214. The lowest BCUT2D eigenvalue weighted by molar-refractivity contribution is -0.275. The van der Waals surface area contributed by atoms with E-state index in [4.69, 9.17) is 19.4 Å². The molecule has 0 bridgehead atoms. The molecular formula is C48H56F4N6O8S2. The number of pyridine rings is 1. The number of rotatable bonds is 21. The SMILES string of the molecule is C=CCCCCC[C@H](Nc1ccc(OC(F)(F)F)c(F)c1)C(=O)N1C[C@H](Oc2cc(-c3nc(C(C)C)cs3)nc3c(C)c(OC)ccc23)C[C@H]1C(=O)N[C@]1(C(=O)NS(=O)(=O)C2(C)CC2)C[C@H]1C=C. The van der Waals surface area contributed by atoms with Gasteiger partial charge in [-0.05, 0) is 82.6 Å². The zero-order valence-corrected chi connectivity index (χ0v) is 40.1. The summed E-state index contributed by atoms with van der Waals surface area (Å²) >= 11 is 1.42. The third kappa shape index (κ3) is 10.7. The number of ether oxygens (including phenoxy) is 3. The van der Waals surface area contributed by atoms with E-state index in [0.29, 0.717) is 65.2 Å². The van der Waals surface area contributed by atoms with E-state index in [0.717, 1.165) is 35.9 Å². The van der Waals surface area contributed by atoms with E-state index >= 15 is 9.18 Å². The number of likely N-dealkylation sites (tertiary alicyclic amines) is 1. The van der Waals surface area contributed by atoms with Crippen LogP contribution >= 0.6 is 11.3 Å². The Kier molecular flexibility index (Phi) is 14.5. The van der Waals surface area contributed by atoms with Gasteiger partial charge in [-0.15, -0.1) is 37.7 Å². The Hall–Kier alpha value is -5.76. The quantitative estimate of drug-likeness (QED) is 0.0413. The van der Waals surface area contributed by atoms with Crippen LogP contribution in [-0.4, -0.2) is 89.5 Å². The summed E-state index contributed by atoms with van der Waals surface area (Å²) in [5, 5.41) is 9.01. The molecule has 0 radical (unpaired) electrons. The number of unbranched alkanes of at least 4 members (excludes halogenated alkanes) is 3. The summed E-state index contributed by atoms with van der Waals surface area (Å²) < 4.78 is 97.8. The van der Waals surface area contributed by atoms with Gasteiger partial charge in [-0.3, -0.25) is 19.1 Å². The van der Waals surface area contributed by atoms with Crippen LogP contribution in [0, 0.1) is 18.7 Å². The van der Waals surface area contributed by atoms with Crippen molar-refractivity contribution in [1.82, 2.24) is 24.9 Å². The summed E-state index contributed by atoms with van der Waals surface area (Å²) in [4.78, 5) is 54.8. The van der Waals surface area contributed by atoms with Crippen molar-refractivity contribution in [3.63, 3.8) is 0 Å². The molecule has 3 fully saturated rings. The first-order valence-corrected chi connectivity index (χ1v) is 24.8. The van der Waals surface area contributed by atoms with E-state index in [2.05, 4.69) is 33.3 Å². The first-order chi connectivity index (χ1) is 32.1. The molecule has 14 nitrogen and oxygen atoms in total. The van der Waals surface area contributed by atoms with Crippen molar-refractivity contribution in [3.8, 4) is 28.0 Å². The Bertz CT molecular complexity index is 2710. The number of methoxy groups -OCH3 is 1. The smallest absolute Gasteiger partial charge is 0.496 e. The van der Waals surface area contributed by atoms with Gasteiger partial charge in [0, 0.05) is 46.5 Å². The second-order valence-electron chi connectivity index (χ2n) is 18.2. The number of carbonyl (C=O) groups is 3. The molecule has 20 heteroatoms. The van der Waals surface area contributed by atoms with Gasteiger partial charge in [0.15, 0.2) is 11.6 Å². The van der Waals surface area contributed by atoms with Gasteiger partial charge in [-0.2, -0.15) is 0 Å². The molecule has 2 aromatic heterocycles. The molecule has 4 aromatic rings. The third-order valence-electron chi connectivity index (χ3n) is 12.9. The predicted octanol–water partition coefficient (Wildman–Crippen LogP) is 8.86. The minimum atomic E-state index is -5.15. The number of nitrogens with zero attached hydrogens (tertiary/aromatic N) is 3. The zero-order valence-electron chi connectivity index (χ0n) is 38.5. The van der Waals surface area contributed by atoms with Crippen LogP contribution in [0.25, 0.3) is 21.6 Å². The molecule has 1 aliphatic heterocycles. The molecule has 3 aliphatic rings. The number of anilines is 1. The average Bonchev–Trinajstić information content (AvgIpc) is 4.07. The van der Waals surface area contributed by atoms with Gasteiger partial charge in [0.2, 0.25) is 21.8 Å². The van der Waals surface area contributed by atoms with E-state index in [-0.39, 0.29) is 37.4 Å². The van der Waals surface area contributed by atoms with Crippen LogP contribution < -0.4 is 29.6 Å². The number of fused-ring (bicyclic) bond motifs is 1. The standard InChI is InChI=1S/C48H56F4N6O8S2/c1-8-10-11-12-13-14-34(53-30-15-17-39(33(49)21-30)66-48(50,51)52)44(60)58-25-31(22-37(58)42(59)56-47(24-29(47)9-2)45(61)57-68(62,63)46(6)19-20-46)65-40-23-35(43-55-36(26-67-43)27(3)4)54-41-28(5)38(64-7)18-16-32(40)41/h8-9,15-18,21,23,26-27,29,31,34,37,53H,1-2,10-14,19-20,22,24-25H2,3-7H3,(H,56,59)(H,57,61)/t29-,31-,34+,37+,47-/m1/s1. The van der Waals surface area contributed by atoms with Crippen molar-refractivity contribution < 1.29 is 54.6 Å². The molecule has 366 valence electrons. The van der Waals surface area contributed by atoms with Gasteiger partial charge in [0.1, 0.15) is 45.9 Å². The number of allylic oxidation sites excluding steroid dienone is 1. The highest BCUT2D eigenvalue weighted by Gasteiger charge is 2.63. The second kappa shape index (κ2) is 19.7. The Labute approximate surface area is 397 Å². The molecule has 2 aromatic carbocycles. The van der Waals surface area contributed by atoms with Crippen molar-refractivity contribution in [2.75, 3.05) is 19.0 Å². The predicted molar refractivity (Wildman–Crippen MR) is 250 cm³/mol. The van der Waals surface area contributed by atoms with Gasteiger partial charge < -0.3 is 29.7 Å². The lowest BCUT2D eigenvalue weighted by Gasteiger charge is -2.30. The number of hydrogen-bond donors (Lipinski definition) is 3. The number of aryl methyl sites for hydroxylation is 1. The number of hydrogen-bond acceptors (Lipinski definition) is 12. The summed E-state index contributed by atoms with van der Waals surface area (Å²) in [6.07, 6.45) is 0.723. The number of halogens is 4. The molecular weight excluding hydrogens is 929 g/mol. The van der Waals surface area contributed by atoms with Crippen molar-refractivity contribution >= 4 is 55.7 Å². The number of aromatic nitrogens is 2. The largest absolute Gasteiger partial charge is 0.573 e. The number of sulfonamides is 1. The highest BCUT2D eigenvalue weighted by Crippen LogP contribution is 2.47. The first kappa shape index (κ1) is 50.1. The molecule has 3 amide bonds. The molecule has 3 N–H and O–H groups in total. The fourth-order valence-electron chi connectivity index (χ4n) is 8.42. The molecule has 3 heterocycles. The number of nitrogens with one attached hydrogen (secondary N) is 3. The van der Waals surface area contributed by atoms with Gasteiger partial charge in [-0.25, -0.2) is 22.8 Å². The topological polar surface area (TPSA) is 178 Å². The van der Waals surface area contributed by atoms with Crippen LogP contribution in [0.15, 0.2) is 67.1 Å². The van der Waals surface area contributed by atoms with Crippen LogP contribution in [0.3, 0.4) is 0 Å². The zero-order chi connectivity index (χ0) is 49.3. The summed E-state index contributed by atoms with van der Waals surface area (Å²) in [6, 6.07) is 5.66. The maximum atomic E-state index is 15.0. The van der Waals surface area contributed by atoms with Gasteiger partial charge in [0.05, 0.1) is 29.6 Å². The molecule has 2 aliphatic carbocycles. The fraction of sp³-hybridized carbons (Fsp3) is 0.479. The van der Waals surface area contributed by atoms with E-state index in [1.165, 1.54) is 29.2 Å². The Balaban J connectivity index is 1.24. The molecule has 68 heavy (non-hydrogen) atoms. The summed E-state index contributed by atoms with van der Waals surface area (Å²) in [6.45, 7) is 14.9. The molecule has 5 atom stereocenters. The number of carbonyl (C=O) groups excluding carboxylic acids is 3. The van der Waals surface area contributed by atoms with Gasteiger partial charge >= 0.3 is 6.36 Å². The van der Waals surface area contributed by atoms with Crippen molar-refractivity contribution in [2.45, 2.75) is 126 Å². The minimum Gasteiger partial charge on any atom is -0.496 e. The van der Waals surface area contributed by atoms with Crippen molar-refractivity contribution in [1.29, 1.82) is 0 Å². The highest BCUT2D eigenvalue weighted by atomic mass is 32.2. The molecule has 0 spiro atoms. The number of benzene rings is 2. The summed E-state index contributed by atoms with van der Waals surface area (Å²) in [5.41, 5.74) is 1.01. The molecule has 1 saturated heterocycles. The highest BCUT2D eigenvalue weighted by molar-refractivity contribution is 7.91. The Morgan fingerprint density at radius 2 is 1.78 bits per heavy atom. The fourth-order valence-corrected chi connectivity index (χ4v) is 10.7. The third-order valence-corrected chi connectivity index (χ3v) is 16.0. The van der Waals surface area contributed by atoms with Crippen LogP contribution in [-0.2, 0) is 24.4 Å². The second-order valence-corrected chi connectivity index (χ2v) is 21.3. The number of amides is 3. The lowest BCUT2D eigenvalue weighted by atomic mass is 10.0. The summed E-state index contributed by atoms with van der Waals surface area (Å²) in [7, 11) is -2.54. The van der Waals surface area contributed by atoms with E-state index < -0.39 is 80.1 Å². The molecule has 2 saturated carbocycles.